The maximum absolute atomic E-state index is 12.7. The Morgan fingerprint density at radius 2 is 2.12 bits per heavy atom. The molecule has 5 nitrogen and oxygen atoms in total. The number of fused-ring (bicyclic) bond motifs is 1. The van der Waals surface area contributed by atoms with Crippen LogP contribution >= 0.6 is 0 Å². The van der Waals surface area contributed by atoms with Crippen LogP contribution in [0.2, 0.25) is 0 Å². The first-order chi connectivity index (χ1) is 7.80. The lowest BCUT2D eigenvalue weighted by Gasteiger charge is -2.29. The first-order valence-electron chi connectivity index (χ1n) is 4.88. The Morgan fingerprint density at radius 1 is 1.47 bits per heavy atom. The van der Waals surface area contributed by atoms with E-state index in [1.807, 2.05) is 0 Å². The molecule has 94 valence electrons. The summed E-state index contributed by atoms with van der Waals surface area (Å²) in [4.78, 5) is 11.5. The normalized spacial score (nSPS) is 15.9. The van der Waals surface area contributed by atoms with Crippen molar-refractivity contribution in [3.8, 4) is 0 Å². The first kappa shape index (κ1) is 11.7. The summed E-state index contributed by atoms with van der Waals surface area (Å²) in [6.07, 6.45) is -5.82. The quantitative estimate of drug-likeness (QED) is 0.656. The lowest BCUT2D eigenvalue weighted by Crippen LogP contribution is -2.44. The van der Waals surface area contributed by atoms with Gasteiger partial charge < -0.3 is 14.8 Å². The number of nitrogens with zero attached hydrogens (tertiary/aromatic N) is 3. The van der Waals surface area contributed by atoms with Crippen molar-refractivity contribution >= 4 is 6.09 Å². The van der Waals surface area contributed by atoms with Crippen LogP contribution in [0.15, 0.2) is 0 Å². The van der Waals surface area contributed by atoms with Crippen molar-refractivity contribution in [1.82, 2.24) is 14.7 Å². The SMILES string of the molecule is Cn1nc(C(F)(F)F)c2c1CCN(C(=O)[O-])C2. The Morgan fingerprint density at radius 3 is 2.65 bits per heavy atom. The fourth-order valence-electron chi connectivity index (χ4n) is 1.98. The molecule has 0 bridgehead atoms. The lowest BCUT2D eigenvalue weighted by atomic mass is 10.1. The second kappa shape index (κ2) is 3.64. The summed E-state index contributed by atoms with van der Waals surface area (Å²) in [6, 6.07) is 0. The molecule has 0 aromatic carbocycles. The molecule has 1 aromatic rings. The van der Waals surface area contributed by atoms with Crippen LogP contribution in [0, 0.1) is 0 Å². The minimum absolute atomic E-state index is 0.0737. The highest BCUT2D eigenvalue weighted by Gasteiger charge is 2.40. The monoisotopic (exact) mass is 248 g/mol. The van der Waals surface area contributed by atoms with E-state index in [-0.39, 0.29) is 25.1 Å². The molecule has 0 N–H and O–H groups in total. The molecule has 0 saturated carbocycles. The molecule has 1 amide bonds. The Hall–Kier alpha value is -1.73. The van der Waals surface area contributed by atoms with E-state index in [4.69, 9.17) is 0 Å². The Bertz CT molecular complexity index is 467. The lowest BCUT2D eigenvalue weighted by molar-refractivity contribution is -0.266. The van der Waals surface area contributed by atoms with E-state index >= 15 is 0 Å². The first-order valence-corrected chi connectivity index (χ1v) is 4.88. The fourth-order valence-corrected chi connectivity index (χ4v) is 1.98. The van der Waals surface area contributed by atoms with Crippen molar-refractivity contribution in [3.63, 3.8) is 0 Å². The minimum Gasteiger partial charge on any atom is -0.530 e. The molecule has 0 spiro atoms. The maximum atomic E-state index is 12.7. The molecule has 0 aliphatic carbocycles. The van der Waals surface area contributed by atoms with Crippen LogP contribution in [-0.4, -0.2) is 27.3 Å². The van der Waals surface area contributed by atoms with Gasteiger partial charge in [0, 0.05) is 37.8 Å². The third kappa shape index (κ3) is 1.94. The maximum Gasteiger partial charge on any atom is 0.435 e. The van der Waals surface area contributed by atoms with E-state index in [2.05, 4.69) is 5.10 Å². The van der Waals surface area contributed by atoms with Gasteiger partial charge in [0.25, 0.3) is 0 Å². The van der Waals surface area contributed by atoms with E-state index in [1.54, 1.807) is 0 Å². The molecule has 0 fully saturated rings. The number of alkyl halides is 3. The predicted molar refractivity (Wildman–Crippen MR) is 47.7 cm³/mol. The zero-order chi connectivity index (χ0) is 12.8. The van der Waals surface area contributed by atoms with Gasteiger partial charge in [0.15, 0.2) is 5.69 Å². The van der Waals surface area contributed by atoms with Crippen molar-refractivity contribution in [3.05, 3.63) is 17.0 Å². The predicted octanol–water partition coefficient (Wildman–Crippen LogP) is 0.140. The van der Waals surface area contributed by atoms with Gasteiger partial charge in [-0.05, 0) is 0 Å². The van der Waals surface area contributed by atoms with E-state index in [9.17, 15) is 23.1 Å². The van der Waals surface area contributed by atoms with Crippen LogP contribution in [0.1, 0.15) is 17.0 Å². The number of rotatable bonds is 0. The summed E-state index contributed by atoms with van der Waals surface area (Å²) in [5.74, 6) is 0. The molecule has 0 unspecified atom stereocenters. The third-order valence-electron chi connectivity index (χ3n) is 2.77. The summed E-state index contributed by atoms with van der Waals surface area (Å²) in [5, 5.41) is 14.0. The van der Waals surface area contributed by atoms with Gasteiger partial charge in [-0.1, -0.05) is 0 Å². The van der Waals surface area contributed by atoms with Crippen molar-refractivity contribution in [2.24, 2.45) is 7.05 Å². The van der Waals surface area contributed by atoms with Crippen LogP contribution in [0.3, 0.4) is 0 Å². The van der Waals surface area contributed by atoms with Gasteiger partial charge in [0.2, 0.25) is 0 Å². The molecule has 2 heterocycles. The van der Waals surface area contributed by atoms with Gasteiger partial charge in [-0.3, -0.25) is 4.68 Å². The third-order valence-corrected chi connectivity index (χ3v) is 2.77. The number of amides is 1. The summed E-state index contributed by atoms with van der Waals surface area (Å²) < 4.78 is 39.1. The average molecular weight is 248 g/mol. The highest BCUT2D eigenvalue weighted by Crippen LogP contribution is 2.34. The molecule has 0 saturated heterocycles. The largest absolute Gasteiger partial charge is 0.530 e. The van der Waals surface area contributed by atoms with Gasteiger partial charge in [-0.2, -0.15) is 18.3 Å². The summed E-state index contributed by atoms with van der Waals surface area (Å²) in [6.45, 7) is -0.188. The van der Waals surface area contributed by atoms with E-state index in [1.165, 1.54) is 7.05 Å². The summed E-state index contributed by atoms with van der Waals surface area (Å²) >= 11 is 0. The Kier molecular flexibility index (Phi) is 2.52. The van der Waals surface area contributed by atoms with Gasteiger partial charge in [-0.25, -0.2) is 0 Å². The van der Waals surface area contributed by atoms with E-state index < -0.39 is 18.0 Å². The van der Waals surface area contributed by atoms with E-state index in [0.29, 0.717) is 5.69 Å². The number of carbonyl (C=O) groups is 1. The van der Waals surface area contributed by atoms with Crippen LogP contribution < -0.4 is 5.11 Å². The molecule has 0 radical (unpaired) electrons. The fraction of sp³-hybridized carbons (Fsp3) is 0.556. The Labute approximate surface area is 94.4 Å². The van der Waals surface area contributed by atoms with Crippen LogP contribution in [0.5, 0.6) is 0 Å². The van der Waals surface area contributed by atoms with Gasteiger partial charge in [0.05, 0.1) is 0 Å². The average Bonchev–Trinajstić information content (AvgIpc) is 2.55. The highest BCUT2D eigenvalue weighted by molar-refractivity contribution is 5.63. The smallest absolute Gasteiger partial charge is 0.435 e. The van der Waals surface area contributed by atoms with Gasteiger partial charge >= 0.3 is 6.18 Å². The zero-order valence-corrected chi connectivity index (χ0v) is 8.91. The van der Waals surface area contributed by atoms with Gasteiger partial charge in [0.1, 0.15) is 6.09 Å². The highest BCUT2D eigenvalue weighted by atomic mass is 19.4. The summed E-state index contributed by atoms with van der Waals surface area (Å²) in [7, 11) is 1.42. The molecule has 17 heavy (non-hydrogen) atoms. The number of halogens is 3. The van der Waals surface area contributed by atoms with E-state index in [0.717, 1.165) is 9.58 Å². The molecule has 1 aliphatic rings. The standard InChI is InChI=1S/C9H10F3N3O2/c1-14-6-2-3-15(8(16)17)4-5(6)7(13-14)9(10,11)12/h2-4H2,1H3,(H,16,17)/p-1. The van der Waals surface area contributed by atoms with Crippen LogP contribution in [-0.2, 0) is 26.2 Å². The topological polar surface area (TPSA) is 61.2 Å². The molecule has 1 aromatic heterocycles. The summed E-state index contributed by atoms with van der Waals surface area (Å²) in [5.41, 5.74) is -0.661. The molecular weight excluding hydrogens is 239 g/mol. The van der Waals surface area contributed by atoms with Crippen LogP contribution in [0.25, 0.3) is 0 Å². The number of carbonyl (C=O) groups excluding carboxylic acids is 1. The van der Waals surface area contributed by atoms with Crippen molar-refractivity contribution < 1.29 is 23.1 Å². The number of hydrogen-bond donors (Lipinski definition) is 0. The second-order valence-corrected chi connectivity index (χ2v) is 3.83. The molecule has 0 atom stereocenters. The number of aryl methyl sites for hydroxylation is 1. The van der Waals surface area contributed by atoms with Crippen molar-refractivity contribution in [2.75, 3.05) is 6.54 Å². The molecular formula is C9H9F3N3O2-. The molecule has 8 heteroatoms. The van der Waals surface area contributed by atoms with Crippen molar-refractivity contribution in [2.45, 2.75) is 19.1 Å². The van der Waals surface area contributed by atoms with Crippen LogP contribution in [0.4, 0.5) is 18.0 Å². The number of carboxylic acid groups (broad SMARTS) is 1. The minimum atomic E-state index is -4.57. The second-order valence-electron chi connectivity index (χ2n) is 3.83. The number of aromatic nitrogens is 2. The Balaban J connectivity index is 2.44. The number of hydrogen-bond acceptors (Lipinski definition) is 3. The van der Waals surface area contributed by atoms with Crippen molar-refractivity contribution in [1.29, 1.82) is 0 Å². The zero-order valence-electron chi connectivity index (χ0n) is 8.91. The van der Waals surface area contributed by atoms with Gasteiger partial charge in [-0.15, -0.1) is 0 Å². The molecule has 1 aliphatic heterocycles. The molecule has 2 rings (SSSR count).